The average molecular weight is 395 g/mol. The van der Waals surface area contributed by atoms with Gasteiger partial charge in [0, 0.05) is 0 Å². The predicted molar refractivity (Wildman–Crippen MR) is 97.9 cm³/mol. The van der Waals surface area contributed by atoms with Gasteiger partial charge in [0.15, 0.2) is 0 Å². The van der Waals surface area contributed by atoms with E-state index in [1.54, 1.807) is 45.0 Å². The van der Waals surface area contributed by atoms with Crippen LogP contribution in [0.1, 0.15) is 26.3 Å². The lowest BCUT2D eigenvalue weighted by molar-refractivity contribution is -0.144. The Morgan fingerprint density at radius 1 is 1.04 bits per heavy atom. The molecule has 28 heavy (non-hydrogen) atoms. The van der Waals surface area contributed by atoms with Crippen LogP contribution in [0.3, 0.4) is 0 Å². The van der Waals surface area contributed by atoms with E-state index in [2.05, 4.69) is 10.6 Å². The molecule has 0 aliphatic carbocycles. The molecule has 0 aliphatic heterocycles. The van der Waals surface area contributed by atoms with Crippen LogP contribution in [0.5, 0.6) is 0 Å². The summed E-state index contributed by atoms with van der Waals surface area (Å²) in [4.78, 5) is 46.3. The van der Waals surface area contributed by atoms with Crippen molar-refractivity contribution in [1.82, 2.24) is 10.6 Å². The van der Waals surface area contributed by atoms with Gasteiger partial charge in [0.25, 0.3) is 0 Å². The number of nitrogens with one attached hydrogen (secondary N) is 2. The minimum Gasteiger partial charge on any atom is -0.462 e. The fourth-order valence-corrected chi connectivity index (χ4v) is 1.79. The Kier molecular flexibility index (Phi) is 8.73. The van der Waals surface area contributed by atoms with Crippen LogP contribution in [-0.4, -0.2) is 48.9 Å². The van der Waals surface area contributed by atoms with Crippen molar-refractivity contribution in [3.8, 4) is 0 Å². The third-order valence-electron chi connectivity index (χ3n) is 3.04. The molecule has 10 heteroatoms. The van der Waals surface area contributed by atoms with Crippen molar-refractivity contribution < 1.29 is 33.4 Å². The highest BCUT2D eigenvalue weighted by atomic mass is 16.6. The van der Waals surface area contributed by atoms with Crippen molar-refractivity contribution in [1.29, 1.82) is 0 Å². The number of carbonyl (C=O) groups excluding carboxylic acids is 4. The quantitative estimate of drug-likeness (QED) is 0.436. The van der Waals surface area contributed by atoms with Crippen LogP contribution in [0.25, 0.3) is 0 Å². The molecule has 10 nitrogen and oxygen atoms in total. The minimum atomic E-state index is -1.28. The van der Waals surface area contributed by atoms with Gasteiger partial charge in [0.2, 0.25) is 5.91 Å². The molecule has 1 rings (SSSR count). The molecule has 1 unspecified atom stereocenters. The van der Waals surface area contributed by atoms with E-state index in [0.29, 0.717) is 0 Å². The number of amides is 3. The van der Waals surface area contributed by atoms with Crippen LogP contribution in [0, 0.1) is 0 Å². The van der Waals surface area contributed by atoms with Crippen molar-refractivity contribution in [3.05, 3.63) is 35.9 Å². The summed E-state index contributed by atoms with van der Waals surface area (Å²) in [6, 6.07) is 7.63. The van der Waals surface area contributed by atoms with Crippen molar-refractivity contribution in [2.24, 2.45) is 5.73 Å². The number of hydrogen-bond acceptors (Lipinski definition) is 7. The van der Waals surface area contributed by atoms with E-state index in [-0.39, 0.29) is 6.61 Å². The van der Waals surface area contributed by atoms with Crippen LogP contribution in [0.2, 0.25) is 0 Å². The van der Waals surface area contributed by atoms with Crippen LogP contribution in [0.4, 0.5) is 9.59 Å². The molecular weight excluding hydrogens is 370 g/mol. The lowest BCUT2D eigenvalue weighted by atomic mass is 10.2. The van der Waals surface area contributed by atoms with Crippen LogP contribution in [0.15, 0.2) is 30.3 Å². The molecule has 0 saturated carbocycles. The zero-order valence-corrected chi connectivity index (χ0v) is 16.0. The summed E-state index contributed by atoms with van der Waals surface area (Å²) in [7, 11) is 0. The average Bonchev–Trinajstić information content (AvgIpc) is 2.61. The number of nitrogens with two attached hydrogens (primary N) is 1. The van der Waals surface area contributed by atoms with Crippen molar-refractivity contribution in [2.45, 2.75) is 39.0 Å². The smallest absolute Gasteiger partial charge is 0.408 e. The molecule has 4 N–H and O–H groups in total. The van der Waals surface area contributed by atoms with Gasteiger partial charge in [-0.15, -0.1) is 0 Å². The minimum absolute atomic E-state index is 0.00223. The van der Waals surface area contributed by atoms with Gasteiger partial charge in [-0.1, -0.05) is 30.3 Å². The van der Waals surface area contributed by atoms with E-state index >= 15 is 0 Å². The third kappa shape index (κ3) is 10.00. The lowest BCUT2D eigenvalue weighted by Gasteiger charge is -2.19. The van der Waals surface area contributed by atoms with Gasteiger partial charge < -0.3 is 30.6 Å². The first kappa shape index (κ1) is 22.7. The number of hydrogen-bond donors (Lipinski definition) is 3. The molecule has 0 fully saturated rings. The Balaban J connectivity index is 2.37. The molecule has 1 atom stereocenters. The van der Waals surface area contributed by atoms with E-state index in [1.807, 2.05) is 6.07 Å². The topological polar surface area (TPSA) is 146 Å². The van der Waals surface area contributed by atoms with Gasteiger partial charge in [0.1, 0.15) is 31.4 Å². The molecule has 1 aromatic carbocycles. The molecule has 0 aromatic heterocycles. The molecule has 0 radical (unpaired) electrons. The normalized spacial score (nSPS) is 11.7. The van der Waals surface area contributed by atoms with Crippen molar-refractivity contribution in [3.63, 3.8) is 0 Å². The largest absolute Gasteiger partial charge is 0.462 e. The number of esters is 1. The van der Waals surface area contributed by atoms with Gasteiger partial charge in [-0.05, 0) is 26.3 Å². The maximum Gasteiger partial charge on any atom is 0.408 e. The highest BCUT2D eigenvalue weighted by Gasteiger charge is 2.22. The maximum atomic E-state index is 11.8. The summed E-state index contributed by atoms with van der Waals surface area (Å²) >= 11 is 0. The second kappa shape index (κ2) is 10.8. The van der Waals surface area contributed by atoms with Crippen LogP contribution in [-0.2, 0) is 30.4 Å². The fraction of sp³-hybridized carbons (Fsp3) is 0.444. The Labute approximate surface area is 162 Å². The highest BCUT2D eigenvalue weighted by molar-refractivity contribution is 5.85. The number of primary amides is 1. The number of rotatable bonds is 8. The van der Waals surface area contributed by atoms with Gasteiger partial charge >= 0.3 is 18.2 Å². The van der Waals surface area contributed by atoms with E-state index in [0.717, 1.165) is 5.56 Å². The molecule has 3 amide bonds. The number of alkyl carbamates (subject to hydrolysis) is 2. The molecule has 1 aromatic rings. The third-order valence-corrected chi connectivity index (χ3v) is 3.04. The van der Waals surface area contributed by atoms with Crippen molar-refractivity contribution in [2.75, 3.05) is 13.2 Å². The summed E-state index contributed by atoms with van der Waals surface area (Å²) in [5.74, 6) is -1.75. The fourth-order valence-electron chi connectivity index (χ4n) is 1.79. The van der Waals surface area contributed by atoms with E-state index in [1.165, 1.54) is 0 Å². The predicted octanol–water partition coefficient (Wildman–Crippen LogP) is 0.835. The zero-order chi connectivity index (χ0) is 21.2. The highest BCUT2D eigenvalue weighted by Crippen LogP contribution is 2.06. The lowest BCUT2D eigenvalue weighted by Crippen LogP contribution is -2.48. The zero-order valence-electron chi connectivity index (χ0n) is 16.0. The summed E-state index contributed by atoms with van der Waals surface area (Å²) in [6.45, 7) is 4.03. The first-order chi connectivity index (χ1) is 13.1. The summed E-state index contributed by atoms with van der Waals surface area (Å²) in [5, 5.41) is 4.42. The molecule has 154 valence electrons. The Morgan fingerprint density at radius 2 is 1.68 bits per heavy atom. The molecular formula is C18H25N3O7. The number of carbonyl (C=O) groups is 4. The maximum absolute atomic E-state index is 11.8. The monoisotopic (exact) mass is 395 g/mol. The second-order valence-corrected chi connectivity index (χ2v) is 6.70. The number of ether oxygens (including phenoxy) is 3. The Bertz CT molecular complexity index is 686. The van der Waals surface area contributed by atoms with Crippen molar-refractivity contribution >= 4 is 24.1 Å². The summed E-state index contributed by atoms with van der Waals surface area (Å²) in [5.41, 5.74) is 5.22. The Morgan fingerprint density at radius 3 is 2.25 bits per heavy atom. The van der Waals surface area contributed by atoms with Gasteiger partial charge in [-0.2, -0.15) is 0 Å². The second-order valence-electron chi connectivity index (χ2n) is 6.70. The molecule has 0 bridgehead atoms. The molecule has 0 saturated heterocycles. The number of benzene rings is 1. The summed E-state index contributed by atoms with van der Waals surface area (Å²) in [6.07, 6.45) is -1.69. The standard InChI is InChI=1S/C18H25N3O7/c1-18(2,3)28-16(24)20-9-14(22)26-11-13(15(19)23)21-17(25)27-10-12-7-5-4-6-8-12/h4-8,13H,9-11H2,1-3H3,(H2,19,23)(H,20,24)(H,21,25). The molecule has 0 heterocycles. The Hall–Kier alpha value is -3.30. The molecule has 0 aliphatic rings. The van der Waals surface area contributed by atoms with E-state index < -0.39 is 48.9 Å². The van der Waals surface area contributed by atoms with Crippen LogP contribution >= 0.6 is 0 Å². The van der Waals surface area contributed by atoms with Gasteiger partial charge in [0.05, 0.1) is 0 Å². The van der Waals surface area contributed by atoms with E-state index in [4.69, 9.17) is 19.9 Å². The van der Waals surface area contributed by atoms with Gasteiger partial charge in [-0.25, -0.2) is 9.59 Å². The van der Waals surface area contributed by atoms with E-state index in [9.17, 15) is 19.2 Å². The first-order valence-electron chi connectivity index (χ1n) is 8.46. The SMILES string of the molecule is CC(C)(C)OC(=O)NCC(=O)OCC(NC(=O)OCc1ccccc1)C(N)=O. The van der Waals surface area contributed by atoms with Gasteiger partial charge in [-0.3, -0.25) is 9.59 Å². The summed E-state index contributed by atoms with van der Waals surface area (Å²) < 4.78 is 14.8. The van der Waals surface area contributed by atoms with Crippen LogP contribution < -0.4 is 16.4 Å². The molecule has 0 spiro atoms. The first-order valence-corrected chi connectivity index (χ1v) is 8.46.